The van der Waals surface area contributed by atoms with Gasteiger partial charge in [-0.25, -0.2) is 9.59 Å². The summed E-state index contributed by atoms with van der Waals surface area (Å²) in [4.78, 5) is 64.8. The maximum Gasteiger partial charge on any atom is 0.407 e. The lowest BCUT2D eigenvalue weighted by Crippen LogP contribution is -2.56. The Morgan fingerprint density at radius 1 is 0.949 bits per heavy atom. The molecule has 11 nitrogen and oxygen atoms in total. The molecule has 0 bridgehead atoms. The van der Waals surface area contributed by atoms with Gasteiger partial charge in [0.1, 0.15) is 31.3 Å². The average molecular weight is 547 g/mol. The number of hydrogen-bond donors (Lipinski definition) is 3. The van der Waals surface area contributed by atoms with E-state index in [4.69, 9.17) is 9.47 Å². The summed E-state index contributed by atoms with van der Waals surface area (Å²) < 4.78 is 9.97. The van der Waals surface area contributed by atoms with Crippen LogP contribution in [0.4, 0.5) is 4.79 Å². The van der Waals surface area contributed by atoms with Crippen LogP contribution in [0.5, 0.6) is 0 Å². The monoisotopic (exact) mass is 546 g/mol. The molecule has 0 aliphatic carbocycles. The molecule has 4 amide bonds. The van der Waals surface area contributed by atoms with E-state index in [-0.39, 0.29) is 25.0 Å². The van der Waals surface area contributed by atoms with Crippen LogP contribution in [0.15, 0.2) is 30.3 Å². The van der Waals surface area contributed by atoms with Crippen molar-refractivity contribution in [3.63, 3.8) is 0 Å². The number of nitrogens with one attached hydrogen (secondary N) is 3. The third-order valence-corrected chi connectivity index (χ3v) is 6.32. The van der Waals surface area contributed by atoms with Crippen molar-refractivity contribution in [3.8, 4) is 0 Å². The van der Waals surface area contributed by atoms with Crippen LogP contribution in [0.2, 0.25) is 0 Å². The number of alkyl carbamates (subject to hydrolysis) is 1. The molecule has 3 atom stereocenters. The highest BCUT2D eigenvalue weighted by atomic mass is 16.5. The van der Waals surface area contributed by atoms with Crippen LogP contribution in [0.3, 0.4) is 0 Å². The second-order valence-corrected chi connectivity index (χ2v) is 10.6. The van der Waals surface area contributed by atoms with E-state index in [0.717, 1.165) is 5.56 Å². The van der Waals surface area contributed by atoms with Gasteiger partial charge in [-0.1, -0.05) is 58.0 Å². The van der Waals surface area contributed by atoms with Crippen molar-refractivity contribution in [3.05, 3.63) is 35.9 Å². The van der Waals surface area contributed by atoms with Crippen LogP contribution >= 0.6 is 0 Å². The van der Waals surface area contributed by atoms with E-state index >= 15 is 0 Å². The number of hydrogen-bond acceptors (Lipinski definition) is 7. The zero-order valence-corrected chi connectivity index (χ0v) is 23.5. The van der Waals surface area contributed by atoms with Gasteiger partial charge in [0, 0.05) is 6.54 Å². The Morgan fingerprint density at radius 3 is 2.21 bits per heavy atom. The predicted octanol–water partition coefficient (Wildman–Crippen LogP) is 2.14. The van der Waals surface area contributed by atoms with Crippen molar-refractivity contribution in [1.82, 2.24) is 20.9 Å². The van der Waals surface area contributed by atoms with Crippen LogP contribution < -0.4 is 16.0 Å². The van der Waals surface area contributed by atoms with Crippen molar-refractivity contribution in [1.29, 1.82) is 0 Å². The van der Waals surface area contributed by atoms with Gasteiger partial charge in [-0.05, 0) is 43.1 Å². The molecular weight excluding hydrogens is 504 g/mol. The molecular formula is C28H42N4O7. The normalized spacial score (nSPS) is 16.4. The number of likely N-dealkylation sites (tertiary alicyclic amines) is 1. The number of benzene rings is 1. The lowest BCUT2D eigenvalue weighted by atomic mass is 10.00. The molecule has 1 fully saturated rings. The number of esters is 1. The Balaban J connectivity index is 1.96. The molecule has 1 aliphatic rings. The van der Waals surface area contributed by atoms with Crippen LogP contribution in [0, 0.1) is 11.8 Å². The van der Waals surface area contributed by atoms with Gasteiger partial charge in [0.2, 0.25) is 17.7 Å². The molecule has 11 heteroatoms. The largest absolute Gasteiger partial charge is 0.467 e. The average Bonchev–Trinajstić information content (AvgIpc) is 3.39. The molecule has 0 spiro atoms. The Labute approximate surface area is 230 Å². The molecule has 0 unspecified atom stereocenters. The highest BCUT2D eigenvalue weighted by Crippen LogP contribution is 2.18. The summed E-state index contributed by atoms with van der Waals surface area (Å²) in [5.41, 5.74) is 0.817. The summed E-state index contributed by atoms with van der Waals surface area (Å²) in [6.45, 7) is 7.82. The molecule has 1 aliphatic heterocycles. The molecule has 0 aromatic heterocycles. The second-order valence-electron chi connectivity index (χ2n) is 10.6. The number of methoxy groups -OCH3 is 1. The van der Waals surface area contributed by atoms with Crippen molar-refractivity contribution < 1.29 is 33.4 Å². The van der Waals surface area contributed by atoms with Gasteiger partial charge in [0.05, 0.1) is 7.11 Å². The molecule has 0 saturated carbocycles. The predicted molar refractivity (Wildman–Crippen MR) is 144 cm³/mol. The van der Waals surface area contributed by atoms with Crippen molar-refractivity contribution >= 4 is 29.8 Å². The lowest BCUT2D eigenvalue weighted by Gasteiger charge is -2.28. The topological polar surface area (TPSA) is 143 Å². The summed E-state index contributed by atoms with van der Waals surface area (Å²) in [7, 11) is 1.26. The zero-order valence-electron chi connectivity index (χ0n) is 23.5. The molecule has 39 heavy (non-hydrogen) atoms. The first-order chi connectivity index (χ1) is 18.5. The van der Waals surface area contributed by atoms with Gasteiger partial charge < -0.3 is 30.3 Å². The fourth-order valence-corrected chi connectivity index (χ4v) is 4.43. The summed E-state index contributed by atoms with van der Waals surface area (Å²) in [6, 6.07) is 6.67. The van der Waals surface area contributed by atoms with Gasteiger partial charge in [-0.2, -0.15) is 0 Å². The first kappa shape index (κ1) is 31.6. The fraction of sp³-hybridized carbons (Fsp3) is 0.607. The maximum atomic E-state index is 13.2. The van der Waals surface area contributed by atoms with E-state index in [0.29, 0.717) is 32.2 Å². The van der Waals surface area contributed by atoms with Gasteiger partial charge in [0.25, 0.3) is 0 Å². The number of ether oxygens (including phenoxy) is 2. The third kappa shape index (κ3) is 10.6. The summed E-state index contributed by atoms with van der Waals surface area (Å²) in [6.07, 6.45) is 1.06. The van der Waals surface area contributed by atoms with E-state index < -0.39 is 47.9 Å². The molecule has 1 saturated heterocycles. The SMILES string of the molecule is COC(=O)[C@H](CC(C)C)NC(=O)[C@H](CC(C)C)NC(=O)[C@@H]1CCCN1C(=O)CNC(=O)OCc1ccccc1. The van der Waals surface area contributed by atoms with Crippen molar-refractivity contribution in [2.45, 2.75) is 78.1 Å². The summed E-state index contributed by atoms with van der Waals surface area (Å²) in [5, 5.41) is 7.94. The quantitative estimate of drug-likeness (QED) is 0.322. The smallest absolute Gasteiger partial charge is 0.407 e. The van der Waals surface area contributed by atoms with E-state index in [9.17, 15) is 24.0 Å². The number of carbonyl (C=O) groups excluding carboxylic acids is 5. The highest BCUT2D eigenvalue weighted by Gasteiger charge is 2.36. The number of rotatable bonds is 13. The van der Waals surface area contributed by atoms with Gasteiger partial charge in [-0.15, -0.1) is 0 Å². The summed E-state index contributed by atoms with van der Waals surface area (Å²) >= 11 is 0. The standard InChI is InChI=1S/C28H42N4O7/c1-18(2)14-21(25(34)31-22(15-19(3)4)27(36)38-5)30-26(35)23-12-9-13-32(23)24(33)16-29-28(37)39-17-20-10-7-6-8-11-20/h6-8,10-11,18-19,21-23H,9,12-17H2,1-5H3,(H,29,37)(H,30,35)(H,31,34)/t21-,22-,23-/m0/s1. The van der Waals surface area contributed by atoms with Crippen LogP contribution in [0.1, 0.15) is 58.9 Å². The molecule has 1 aromatic rings. The number of carbonyl (C=O) groups is 5. The first-order valence-electron chi connectivity index (χ1n) is 13.4. The molecule has 2 rings (SSSR count). The van der Waals surface area contributed by atoms with Crippen molar-refractivity contribution in [2.24, 2.45) is 11.8 Å². The van der Waals surface area contributed by atoms with Gasteiger partial charge >= 0.3 is 12.1 Å². The van der Waals surface area contributed by atoms with E-state index in [1.54, 1.807) is 0 Å². The van der Waals surface area contributed by atoms with E-state index in [1.807, 2.05) is 58.0 Å². The van der Waals surface area contributed by atoms with Crippen molar-refractivity contribution in [2.75, 3.05) is 20.2 Å². The van der Waals surface area contributed by atoms with Crippen LogP contribution in [-0.2, 0) is 35.3 Å². The second kappa shape index (κ2) is 15.7. The minimum atomic E-state index is -0.888. The maximum absolute atomic E-state index is 13.2. The summed E-state index contributed by atoms with van der Waals surface area (Å²) in [5.74, 6) is -1.69. The Hall–Kier alpha value is -3.63. The van der Waals surface area contributed by atoms with Gasteiger partial charge in [0.15, 0.2) is 0 Å². The molecule has 1 heterocycles. The Bertz CT molecular complexity index is 983. The number of amides is 4. The fourth-order valence-electron chi connectivity index (χ4n) is 4.43. The third-order valence-electron chi connectivity index (χ3n) is 6.32. The van der Waals surface area contributed by atoms with Crippen LogP contribution in [-0.4, -0.2) is 73.0 Å². The van der Waals surface area contributed by atoms with Crippen LogP contribution in [0.25, 0.3) is 0 Å². The molecule has 3 N–H and O–H groups in total. The lowest BCUT2D eigenvalue weighted by molar-refractivity contribution is -0.146. The first-order valence-corrected chi connectivity index (χ1v) is 13.4. The Morgan fingerprint density at radius 2 is 1.59 bits per heavy atom. The minimum absolute atomic E-state index is 0.0723. The van der Waals surface area contributed by atoms with Gasteiger partial charge in [-0.3, -0.25) is 14.4 Å². The Kier molecular flexibility index (Phi) is 12.7. The molecule has 1 aromatic carbocycles. The molecule has 216 valence electrons. The minimum Gasteiger partial charge on any atom is -0.467 e. The van der Waals surface area contributed by atoms with E-state index in [1.165, 1.54) is 12.0 Å². The van der Waals surface area contributed by atoms with E-state index in [2.05, 4.69) is 16.0 Å². The number of nitrogens with zero attached hydrogens (tertiary/aromatic N) is 1. The zero-order chi connectivity index (χ0) is 28.9. The molecule has 0 radical (unpaired) electrons. The highest BCUT2D eigenvalue weighted by molar-refractivity contribution is 5.94.